The number of rotatable bonds is 3. The van der Waals surface area contributed by atoms with E-state index in [1.54, 1.807) is 0 Å². The van der Waals surface area contributed by atoms with Crippen molar-refractivity contribution in [2.75, 3.05) is 19.6 Å². The molecule has 2 fully saturated rings. The molecule has 0 radical (unpaired) electrons. The largest absolute Gasteiger partial charge is 0.338 e. The highest BCUT2D eigenvalue weighted by molar-refractivity contribution is 5.97. The average Bonchev–Trinajstić information content (AvgIpc) is 3.30. The number of hydrazine groups is 1. The highest BCUT2D eigenvalue weighted by atomic mass is 16.2. The summed E-state index contributed by atoms with van der Waals surface area (Å²) in [4.78, 5) is 28.7. The zero-order valence-corrected chi connectivity index (χ0v) is 18.0. The van der Waals surface area contributed by atoms with E-state index in [2.05, 4.69) is 37.9 Å². The predicted molar refractivity (Wildman–Crippen MR) is 120 cm³/mol. The van der Waals surface area contributed by atoms with Crippen molar-refractivity contribution in [1.29, 1.82) is 0 Å². The summed E-state index contributed by atoms with van der Waals surface area (Å²) in [5.74, 6) is 0.860. The van der Waals surface area contributed by atoms with E-state index in [0.29, 0.717) is 23.4 Å². The van der Waals surface area contributed by atoms with Gasteiger partial charge in [0.1, 0.15) is 0 Å². The van der Waals surface area contributed by atoms with E-state index in [1.165, 1.54) is 5.56 Å². The van der Waals surface area contributed by atoms with Crippen LogP contribution in [0.1, 0.15) is 46.1 Å². The molecule has 2 saturated heterocycles. The minimum Gasteiger partial charge on any atom is -0.338 e. The van der Waals surface area contributed by atoms with Crippen LogP contribution in [0, 0.1) is 19.8 Å². The third-order valence-electron chi connectivity index (χ3n) is 6.73. The minimum atomic E-state index is 0.0815. The van der Waals surface area contributed by atoms with Crippen LogP contribution in [0.5, 0.6) is 0 Å². The van der Waals surface area contributed by atoms with Crippen molar-refractivity contribution in [3.05, 3.63) is 65.2 Å². The van der Waals surface area contributed by atoms with Crippen molar-refractivity contribution < 1.29 is 4.79 Å². The second-order valence-electron chi connectivity index (χ2n) is 8.69. The van der Waals surface area contributed by atoms with Gasteiger partial charge in [-0.2, -0.15) is 0 Å². The SMILES string of the molecule is Cc1nc2ccc(C(=O)N3CCCC(C4NNCC4c4ccncc4)C3)cc2nc1C. The Morgan fingerprint density at radius 1 is 1.06 bits per heavy atom. The Kier molecular flexibility index (Phi) is 5.38. The fourth-order valence-electron chi connectivity index (χ4n) is 4.93. The zero-order valence-electron chi connectivity index (χ0n) is 18.0. The van der Waals surface area contributed by atoms with Crippen molar-refractivity contribution in [3.8, 4) is 0 Å². The lowest BCUT2D eigenvalue weighted by Gasteiger charge is -2.37. The molecule has 3 unspecified atom stereocenters. The maximum atomic E-state index is 13.3. The Morgan fingerprint density at radius 2 is 1.84 bits per heavy atom. The first-order valence-corrected chi connectivity index (χ1v) is 11.0. The summed E-state index contributed by atoms with van der Waals surface area (Å²) in [6, 6.07) is 10.2. The molecule has 4 heterocycles. The van der Waals surface area contributed by atoms with Crippen LogP contribution in [-0.4, -0.2) is 51.4 Å². The third-order valence-corrected chi connectivity index (χ3v) is 6.73. The number of likely N-dealkylation sites (tertiary alicyclic amines) is 1. The van der Waals surface area contributed by atoms with E-state index in [4.69, 9.17) is 0 Å². The van der Waals surface area contributed by atoms with Crippen LogP contribution in [0.2, 0.25) is 0 Å². The monoisotopic (exact) mass is 416 g/mol. The Bertz CT molecular complexity index is 1100. The number of nitrogens with one attached hydrogen (secondary N) is 2. The number of piperidine rings is 1. The second kappa shape index (κ2) is 8.32. The molecule has 7 heteroatoms. The summed E-state index contributed by atoms with van der Waals surface area (Å²) in [6.07, 6.45) is 5.84. The van der Waals surface area contributed by atoms with E-state index < -0.39 is 0 Å². The van der Waals surface area contributed by atoms with Gasteiger partial charge in [0.2, 0.25) is 0 Å². The molecule has 2 N–H and O–H groups in total. The van der Waals surface area contributed by atoms with Crippen LogP contribution in [0.3, 0.4) is 0 Å². The van der Waals surface area contributed by atoms with E-state index in [9.17, 15) is 4.79 Å². The van der Waals surface area contributed by atoms with Gasteiger partial charge in [-0.05, 0) is 68.5 Å². The molecule has 0 spiro atoms. The molecule has 2 aliphatic rings. The fourth-order valence-corrected chi connectivity index (χ4v) is 4.93. The first-order valence-electron chi connectivity index (χ1n) is 11.0. The average molecular weight is 417 g/mol. The number of hydrogen-bond donors (Lipinski definition) is 2. The first-order chi connectivity index (χ1) is 15.1. The third kappa shape index (κ3) is 3.91. The number of aromatic nitrogens is 3. The number of pyridine rings is 1. The molecule has 31 heavy (non-hydrogen) atoms. The number of aryl methyl sites for hydroxylation is 2. The molecular weight excluding hydrogens is 388 g/mol. The van der Waals surface area contributed by atoms with Crippen molar-refractivity contribution in [2.45, 2.75) is 38.6 Å². The molecule has 0 aliphatic carbocycles. The molecule has 2 aliphatic heterocycles. The number of carbonyl (C=O) groups is 1. The van der Waals surface area contributed by atoms with Crippen LogP contribution >= 0.6 is 0 Å². The fraction of sp³-hybridized carbons (Fsp3) is 0.417. The Balaban J connectivity index is 1.35. The molecule has 0 bridgehead atoms. The molecule has 1 aromatic carbocycles. The van der Waals surface area contributed by atoms with Gasteiger partial charge in [0.05, 0.1) is 22.4 Å². The highest BCUT2D eigenvalue weighted by Crippen LogP contribution is 2.32. The summed E-state index contributed by atoms with van der Waals surface area (Å²) in [6.45, 7) is 6.36. The maximum Gasteiger partial charge on any atom is 0.253 e. The molecule has 5 rings (SSSR count). The smallest absolute Gasteiger partial charge is 0.253 e. The Hall–Kier alpha value is -2.90. The minimum absolute atomic E-state index is 0.0815. The molecule has 1 amide bonds. The van der Waals surface area contributed by atoms with Gasteiger partial charge in [-0.1, -0.05) is 0 Å². The lowest BCUT2D eigenvalue weighted by molar-refractivity contribution is 0.0644. The predicted octanol–water partition coefficient (Wildman–Crippen LogP) is 2.75. The van der Waals surface area contributed by atoms with E-state index in [1.807, 2.05) is 49.3 Å². The molecule has 3 aromatic rings. The number of benzene rings is 1. The number of hydrogen-bond acceptors (Lipinski definition) is 6. The van der Waals surface area contributed by atoms with E-state index in [0.717, 1.165) is 54.9 Å². The number of fused-ring (bicyclic) bond motifs is 1. The second-order valence-corrected chi connectivity index (χ2v) is 8.69. The van der Waals surface area contributed by atoms with Crippen LogP contribution in [-0.2, 0) is 0 Å². The zero-order chi connectivity index (χ0) is 21.4. The molecule has 3 atom stereocenters. The van der Waals surface area contributed by atoms with Gasteiger partial charge in [0.25, 0.3) is 5.91 Å². The van der Waals surface area contributed by atoms with Crippen molar-refractivity contribution >= 4 is 16.9 Å². The summed E-state index contributed by atoms with van der Waals surface area (Å²) in [5, 5.41) is 0. The lowest BCUT2D eigenvalue weighted by Crippen LogP contribution is -2.48. The molecule has 0 saturated carbocycles. The molecule has 7 nitrogen and oxygen atoms in total. The van der Waals surface area contributed by atoms with Crippen LogP contribution in [0.15, 0.2) is 42.7 Å². The molecule has 2 aromatic heterocycles. The molecule has 160 valence electrons. The van der Waals surface area contributed by atoms with Gasteiger partial charge in [-0.25, -0.2) is 9.97 Å². The summed E-state index contributed by atoms with van der Waals surface area (Å²) in [5.41, 5.74) is 12.2. The van der Waals surface area contributed by atoms with Crippen molar-refractivity contribution in [3.63, 3.8) is 0 Å². The Labute approximate surface area is 182 Å². The summed E-state index contributed by atoms with van der Waals surface area (Å²) < 4.78 is 0. The maximum absolute atomic E-state index is 13.3. The number of amides is 1. The lowest BCUT2D eigenvalue weighted by atomic mass is 9.81. The summed E-state index contributed by atoms with van der Waals surface area (Å²) >= 11 is 0. The summed E-state index contributed by atoms with van der Waals surface area (Å²) in [7, 11) is 0. The quantitative estimate of drug-likeness (QED) is 0.683. The van der Waals surface area contributed by atoms with Gasteiger partial charge in [0.15, 0.2) is 0 Å². The van der Waals surface area contributed by atoms with Gasteiger partial charge in [-0.3, -0.25) is 20.6 Å². The van der Waals surface area contributed by atoms with Crippen LogP contribution < -0.4 is 10.9 Å². The number of carbonyl (C=O) groups excluding carboxylic acids is 1. The normalized spacial score (nSPS) is 23.9. The van der Waals surface area contributed by atoms with Crippen LogP contribution in [0.25, 0.3) is 11.0 Å². The highest BCUT2D eigenvalue weighted by Gasteiger charge is 2.37. The van der Waals surface area contributed by atoms with E-state index >= 15 is 0 Å². The van der Waals surface area contributed by atoms with Gasteiger partial charge < -0.3 is 4.90 Å². The molecular formula is C24H28N6O. The topological polar surface area (TPSA) is 83.0 Å². The van der Waals surface area contributed by atoms with Crippen molar-refractivity contribution in [2.24, 2.45) is 5.92 Å². The Morgan fingerprint density at radius 3 is 2.65 bits per heavy atom. The first kappa shape index (κ1) is 20.0. The number of nitrogens with zero attached hydrogens (tertiary/aromatic N) is 4. The van der Waals surface area contributed by atoms with Crippen LogP contribution in [0.4, 0.5) is 0 Å². The van der Waals surface area contributed by atoms with Gasteiger partial charge >= 0.3 is 0 Å². The van der Waals surface area contributed by atoms with Gasteiger partial charge in [-0.15, -0.1) is 0 Å². The van der Waals surface area contributed by atoms with Crippen molar-refractivity contribution in [1.82, 2.24) is 30.7 Å². The van der Waals surface area contributed by atoms with Gasteiger partial charge in [0, 0.05) is 49.6 Å². The van der Waals surface area contributed by atoms with E-state index in [-0.39, 0.29) is 5.91 Å². The standard InChI is InChI=1S/C24H28N6O/c1-15-16(2)28-22-12-18(5-6-21(22)27-15)24(31)30-11-3-4-19(14-30)23-20(13-26-29-23)17-7-9-25-10-8-17/h5-10,12,19-20,23,26,29H,3-4,11,13-14H2,1-2H3.